The maximum atomic E-state index is 13.2. The summed E-state index contributed by atoms with van der Waals surface area (Å²) in [5.74, 6) is -0.365. The second-order valence-electron chi connectivity index (χ2n) is 7.04. The number of hydrogen-bond acceptors (Lipinski definition) is 4. The van der Waals surface area contributed by atoms with Gasteiger partial charge in [-0.05, 0) is 42.0 Å². The highest BCUT2D eigenvalue weighted by molar-refractivity contribution is 5.96. The third kappa shape index (κ3) is 6.52. The molecule has 1 aromatic heterocycles. The molecule has 3 rings (SSSR count). The van der Waals surface area contributed by atoms with E-state index in [1.807, 2.05) is 30.3 Å². The minimum atomic E-state index is -0.427. The first kappa shape index (κ1) is 22.2. The normalized spacial score (nSPS) is 10.6. The van der Waals surface area contributed by atoms with Gasteiger partial charge in [0.2, 0.25) is 5.91 Å². The fraction of sp³-hybridized carbons (Fsp3) is 0.250. The number of amides is 2. The number of furan rings is 1. The van der Waals surface area contributed by atoms with Crippen LogP contribution in [0, 0.1) is 5.82 Å². The van der Waals surface area contributed by atoms with E-state index in [1.165, 1.54) is 36.3 Å². The van der Waals surface area contributed by atoms with Crippen molar-refractivity contribution in [3.05, 3.63) is 95.7 Å². The van der Waals surface area contributed by atoms with Gasteiger partial charge in [-0.15, -0.1) is 0 Å². The van der Waals surface area contributed by atoms with Crippen LogP contribution < -0.4 is 0 Å². The van der Waals surface area contributed by atoms with E-state index in [4.69, 9.17) is 9.15 Å². The molecule has 7 heteroatoms. The molecule has 3 aromatic rings. The van der Waals surface area contributed by atoms with Crippen LogP contribution in [0.15, 0.2) is 77.4 Å². The summed E-state index contributed by atoms with van der Waals surface area (Å²) in [6.07, 6.45) is 1.56. The van der Waals surface area contributed by atoms with Crippen LogP contribution in [0.2, 0.25) is 0 Å². The maximum Gasteiger partial charge on any atom is 0.254 e. The highest BCUT2D eigenvalue weighted by Crippen LogP contribution is 2.13. The van der Waals surface area contributed by atoms with Crippen LogP contribution in [0.1, 0.15) is 21.7 Å². The zero-order valence-electron chi connectivity index (χ0n) is 17.4. The zero-order chi connectivity index (χ0) is 22.1. The number of methoxy groups -OCH3 is 1. The molecule has 2 amide bonds. The van der Waals surface area contributed by atoms with E-state index in [0.29, 0.717) is 17.9 Å². The van der Waals surface area contributed by atoms with Crippen LogP contribution >= 0.6 is 0 Å². The Morgan fingerprint density at radius 2 is 1.68 bits per heavy atom. The molecule has 0 saturated heterocycles. The summed E-state index contributed by atoms with van der Waals surface area (Å²) >= 11 is 0. The molecule has 0 unspecified atom stereocenters. The van der Waals surface area contributed by atoms with E-state index in [9.17, 15) is 14.0 Å². The molecule has 0 radical (unpaired) electrons. The summed E-state index contributed by atoms with van der Waals surface area (Å²) in [5, 5.41) is 0. The molecular formula is C24H25FN2O4. The Hall–Kier alpha value is -3.45. The standard InChI is InChI=1S/C24H25FN2O4/c1-30-15-13-26(24(29)20-9-11-21(25)12-10-20)18-23(28)27(17-22-8-5-14-31-22)16-19-6-3-2-4-7-19/h2-12,14H,13,15-18H2,1H3. The number of hydrogen-bond donors (Lipinski definition) is 0. The average molecular weight is 424 g/mol. The Kier molecular flexibility index (Phi) is 7.95. The van der Waals surface area contributed by atoms with Crippen LogP contribution in [-0.4, -0.2) is 48.4 Å². The lowest BCUT2D eigenvalue weighted by Crippen LogP contribution is -2.43. The van der Waals surface area contributed by atoms with Gasteiger partial charge in [-0.2, -0.15) is 0 Å². The van der Waals surface area contributed by atoms with Crippen molar-refractivity contribution in [2.24, 2.45) is 0 Å². The maximum absolute atomic E-state index is 13.2. The Morgan fingerprint density at radius 1 is 0.935 bits per heavy atom. The largest absolute Gasteiger partial charge is 0.467 e. The molecule has 0 bridgehead atoms. The van der Waals surface area contributed by atoms with Gasteiger partial charge in [0, 0.05) is 25.8 Å². The van der Waals surface area contributed by atoms with Gasteiger partial charge in [0.15, 0.2) is 0 Å². The van der Waals surface area contributed by atoms with Crippen LogP contribution in [0.3, 0.4) is 0 Å². The van der Waals surface area contributed by atoms with E-state index < -0.39 is 5.82 Å². The fourth-order valence-corrected chi connectivity index (χ4v) is 3.12. The van der Waals surface area contributed by atoms with E-state index in [0.717, 1.165) is 5.56 Å². The van der Waals surface area contributed by atoms with Gasteiger partial charge < -0.3 is 19.0 Å². The highest BCUT2D eigenvalue weighted by Gasteiger charge is 2.23. The molecule has 0 fully saturated rings. The molecule has 6 nitrogen and oxygen atoms in total. The van der Waals surface area contributed by atoms with Crippen molar-refractivity contribution in [1.82, 2.24) is 9.80 Å². The molecule has 0 N–H and O–H groups in total. The van der Waals surface area contributed by atoms with Gasteiger partial charge in [-0.25, -0.2) is 4.39 Å². The van der Waals surface area contributed by atoms with E-state index in [2.05, 4.69) is 0 Å². The predicted octanol–water partition coefficient (Wildman–Crippen LogP) is 3.74. The molecule has 162 valence electrons. The summed E-state index contributed by atoms with van der Waals surface area (Å²) in [4.78, 5) is 29.2. The monoisotopic (exact) mass is 424 g/mol. The average Bonchev–Trinajstić information content (AvgIpc) is 3.30. The summed E-state index contributed by atoms with van der Waals surface area (Å²) in [7, 11) is 1.53. The van der Waals surface area contributed by atoms with Gasteiger partial charge in [-0.3, -0.25) is 9.59 Å². The van der Waals surface area contributed by atoms with Crippen molar-refractivity contribution < 1.29 is 23.1 Å². The van der Waals surface area contributed by atoms with Crippen LogP contribution in [0.5, 0.6) is 0 Å². The summed E-state index contributed by atoms with van der Waals surface area (Å²) in [5.41, 5.74) is 1.28. The van der Waals surface area contributed by atoms with Crippen molar-refractivity contribution in [2.75, 3.05) is 26.8 Å². The summed E-state index contributed by atoms with van der Waals surface area (Å²) in [6, 6.07) is 18.5. The molecule has 0 spiro atoms. The number of benzene rings is 2. The highest BCUT2D eigenvalue weighted by atomic mass is 19.1. The fourth-order valence-electron chi connectivity index (χ4n) is 3.12. The van der Waals surface area contributed by atoms with Gasteiger partial charge in [-0.1, -0.05) is 30.3 Å². The molecule has 31 heavy (non-hydrogen) atoms. The summed E-state index contributed by atoms with van der Waals surface area (Å²) in [6.45, 7) is 1.04. The van der Waals surface area contributed by atoms with Crippen molar-refractivity contribution in [3.63, 3.8) is 0 Å². The second-order valence-corrected chi connectivity index (χ2v) is 7.04. The minimum absolute atomic E-state index is 0.132. The van der Waals surface area contributed by atoms with Crippen molar-refractivity contribution in [2.45, 2.75) is 13.1 Å². The molecule has 0 saturated carbocycles. The number of halogens is 1. The predicted molar refractivity (Wildman–Crippen MR) is 114 cm³/mol. The Bertz CT molecular complexity index is 959. The number of nitrogens with zero attached hydrogens (tertiary/aromatic N) is 2. The van der Waals surface area contributed by atoms with Crippen molar-refractivity contribution >= 4 is 11.8 Å². The van der Waals surface area contributed by atoms with Crippen LogP contribution in [0.25, 0.3) is 0 Å². The molecule has 2 aromatic carbocycles. The smallest absolute Gasteiger partial charge is 0.254 e. The van der Waals surface area contributed by atoms with Crippen LogP contribution in [-0.2, 0) is 22.6 Å². The number of rotatable bonds is 10. The lowest BCUT2D eigenvalue weighted by atomic mass is 10.2. The number of ether oxygens (including phenoxy) is 1. The number of carbonyl (C=O) groups excluding carboxylic acids is 2. The molecule has 0 aliphatic carbocycles. The quantitative estimate of drug-likeness (QED) is 0.498. The Balaban J connectivity index is 1.77. The van der Waals surface area contributed by atoms with Gasteiger partial charge in [0.05, 0.1) is 19.4 Å². The second kappa shape index (κ2) is 11.1. The Morgan fingerprint density at radius 3 is 2.32 bits per heavy atom. The third-order valence-corrected chi connectivity index (χ3v) is 4.77. The zero-order valence-corrected chi connectivity index (χ0v) is 17.4. The Labute approximate surface area is 180 Å². The summed E-state index contributed by atoms with van der Waals surface area (Å²) < 4.78 is 23.8. The molecule has 0 aliphatic heterocycles. The minimum Gasteiger partial charge on any atom is -0.467 e. The number of carbonyl (C=O) groups is 2. The molecule has 1 heterocycles. The molecule has 0 atom stereocenters. The SMILES string of the molecule is COCCN(CC(=O)N(Cc1ccccc1)Cc1ccco1)C(=O)c1ccc(F)cc1. The van der Waals surface area contributed by atoms with Gasteiger partial charge in [0.25, 0.3) is 5.91 Å². The van der Waals surface area contributed by atoms with Crippen LogP contribution in [0.4, 0.5) is 4.39 Å². The van der Waals surface area contributed by atoms with E-state index >= 15 is 0 Å². The topological polar surface area (TPSA) is 63.0 Å². The van der Waals surface area contributed by atoms with Gasteiger partial charge >= 0.3 is 0 Å². The first-order valence-corrected chi connectivity index (χ1v) is 9.94. The third-order valence-electron chi connectivity index (χ3n) is 4.77. The molecule has 0 aliphatic rings. The van der Waals surface area contributed by atoms with E-state index in [1.54, 1.807) is 23.3 Å². The van der Waals surface area contributed by atoms with Gasteiger partial charge in [0.1, 0.15) is 18.1 Å². The first-order valence-electron chi connectivity index (χ1n) is 9.94. The molecular weight excluding hydrogens is 399 g/mol. The van der Waals surface area contributed by atoms with Crippen molar-refractivity contribution in [3.8, 4) is 0 Å². The lowest BCUT2D eigenvalue weighted by molar-refractivity contribution is -0.133. The van der Waals surface area contributed by atoms with Crippen molar-refractivity contribution in [1.29, 1.82) is 0 Å². The lowest BCUT2D eigenvalue weighted by Gasteiger charge is -2.27. The first-order chi connectivity index (χ1) is 15.1. The van der Waals surface area contributed by atoms with E-state index in [-0.39, 0.29) is 38.1 Å².